The molecule has 0 atom stereocenters. The molecule has 1 fully saturated rings. The Morgan fingerprint density at radius 2 is 1.71 bits per heavy atom. The van der Waals surface area contributed by atoms with E-state index in [1.807, 2.05) is 11.8 Å². The van der Waals surface area contributed by atoms with E-state index in [9.17, 15) is 0 Å². The van der Waals surface area contributed by atoms with Crippen molar-refractivity contribution in [3.8, 4) is 0 Å². The topological polar surface area (TPSA) is 6.48 Å². The highest BCUT2D eigenvalue weighted by Gasteiger charge is 2.20. The molecule has 1 saturated heterocycles. The van der Waals surface area contributed by atoms with Crippen molar-refractivity contribution in [3.63, 3.8) is 0 Å². The molecular weight excluding hydrogens is 360 g/mol. The van der Waals surface area contributed by atoms with Crippen LogP contribution in [0.15, 0.2) is 53.4 Å². The van der Waals surface area contributed by atoms with Gasteiger partial charge in [-0.3, -0.25) is 4.90 Å². The van der Waals surface area contributed by atoms with Gasteiger partial charge in [0.05, 0.1) is 0 Å². The Morgan fingerprint density at radius 3 is 2.54 bits per heavy atom. The lowest BCUT2D eigenvalue weighted by Gasteiger charge is -2.32. The zero-order valence-corrected chi connectivity index (χ0v) is 18.1. The summed E-state index contributed by atoms with van der Waals surface area (Å²) >= 11 is 2.03. The lowest BCUT2D eigenvalue weighted by atomic mass is 9.90. The second-order valence-corrected chi connectivity index (χ2v) is 9.70. The number of rotatable bonds is 6. The van der Waals surface area contributed by atoms with Crippen LogP contribution in [0.4, 0.5) is 0 Å². The number of aryl methyl sites for hydroxylation is 1. The maximum absolute atomic E-state index is 2.70. The first-order chi connectivity index (χ1) is 13.8. The van der Waals surface area contributed by atoms with E-state index in [1.165, 1.54) is 85.7 Å². The molecule has 0 amide bonds. The molecule has 2 heterocycles. The largest absolute Gasteiger partial charge is 0.303 e. The van der Waals surface area contributed by atoms with Gasteiger partial charge in [0, 0.05) is 23.7 Å². The number of likely N-dealkylation sites (tertiary alicyclic amines) is 1. The Labute approximate surface area is 175 Å². The van der Waals surface area contributed by atoms with Gasteiger partial charge in [0.2, 0.25) is 0 Å². The molecule has 0 saturated carbocycles. The fraction of sp³-hybridized carbons (Fsp3) is 0.520. The molecule has 0 aliphatic carbocycles. The van der Waals surface area contributed by atoms with Gasteiger partial charge in [0.25, 0.3) is 0 Å². The number of hydrogen-bond acceptors (Lipinski definition) is 3. The molecule has 2 aliphatic rings. The SMILES string of the molecule is Cc1ccc2c(c1)CN(CCCN1CCC(Cc3ccccc3)CC1)CCS2. The van der Waals surface area contributed by atoms with Crippen molar-refractivity contribution in [1.29, 1.82) is 0 Å². The van der Waals surface area contributed by atoms with Crippen LogP contribution in [0, 0.1) is 12.8 Å². The summed E-state index contributed by atoms with van der Waals surface area (Å²) in [6.45, 7) is 9.63. The number of benzene rings is 2. The molecule has 150 valence electrons. The highest BCUT2D eigenvalue weighted by atomic mass is 32.2. The average Bonchev–Trinajstić information content (AvgIpc) is 2.91. The number of thioether (sulfide) groups is 1. The Bertz CT molecular complexity index is 737. The molecule has 0 N–H and O–H groups in total. The Hall–Kier alpha value is -1.29. The summed E-state index contributed by atoms with van der Waals surface area (Å²) in [6, 6.07) is 18.0. The van der Waals surface area contributed by atoms with Crippen molar-refractivity contribution in [2.45, 2.75) is 44.0 Å². The van der Waals surface area contributed by atoms with Crippen LogP contribution in [-0.4, -0.2) is 48.3 Å². The molecule has 2 aliphatic heterocycles. The minimum absolute atomic E-state index is 0.876. The van der Waals surface area contributed by atoms with Crippen LogP contribution in [-0.2, 0) is 13.0 Å². The Morgan fingerprint density at radius 1 is 0.929 bits per heavy atom. The Kier molecular flexibility index (Phi) is 7.11. The third kappa shape index (κ3) is 5.62. The van der Waals surface area contributed by atoms with E-state index in [-0.39, 0.29) is 0 Å². The summed E-state index contributed by atoms with van der Waals surface area (Å²) < 4.78 is 0. The number of hydrogen-bond donors (Lipinski definition) is 0. The number of piperidine rings is 1. The molecule has 0 radical (unpaired) electrons. The van der Waals surface area contributed by atoms with Crippen molar-refractivity contribution in [2.75, 3.05) is 38.5 Å². The van der Waals surface area contributed by atoms with Crippen molar-refractivity contribution >= 4 is 11.8 Å². The van der Waals surface area contributed by atoms with Crippen LogP contribution < -0.4 is 0 Å². The van der Waals surface area contributed by atoms with Gasteiger partial charge >= 0.3 is 0 Å². The summed E-state index contributed by atoms with van der Waals surface area (Å²) in [7, 11) is 0. The smallest absolute Gasteiger partial charge is 0.0245 e. The zero-order valence-electron chi connectivity index (χ0n) is 17.3. The van der Waals surface area contributed by atoms with Crippen molar-refractivity contribution < 1.29 is 0 Å². The lowest BCUT2D eigenvalue weighted by molar-refractivity contribution is 0.170. The van der Waals surface area contributed by atoms with E-state index >= 15 is 0 Å². The fourth-order valence-electron chi connectivity index (χ4n) is 4.65. The van der Waals surface area contributed by atoms with Crippen molar-refractivity contribution in [3.05, 3.63) is 65.2 Å². The maximum atomic E-state index is 2.70. The highest BCUT2D eigenvalue weighted by molar-refractivity contribution is 7.99. The van der Waals surface area contributed by atoms with Gasteiger partial charge < -0.3 is 4.90 Å². The molecule has 0 spiro atoms. The molecule has 2 aromatic rings. The molecule has 0 aromatic heterocycles. The first-order valence-electron chi connectivity index (χ1n) is 11.0. The summed E-state index contributed by atoms with van der Waals surface area (Å²) in [4.78, 5) is 6.86. The summed E-state index contributed by atoms with van der Waals surface area (Å²) in [6.07, 6.45) is 5.29. The molecule has 4 rings (SSSR count). The Balaban J connectivity index is 1.18. The van der Waals surface area contributed by atoms with Crippen LogP contribution in [0.3, 0.4) is 0 Å². The minimum atomic E-state index is 0.876. The second kappa shape index (κ2) is 9.96. The van der Waals surface area contributed by atoms with E-state index in [0.29, 0.717) is 0 Å². The van der Waals surface area contributed by atoms with Gasteiger partial charge in [-0.1, -0.05) is 48.0 Å². The molecule has 2 nitrogen and oxygen atoms in total. The molecule has 0 unspecified atom stereocenters. The summed E-state index contributed by atoms with van der Waals surface area (Å²) in [5.74, 6) is 2.10. The van der Waals surface area contributed by atoms with Crippen molar-refractivity contribution in [2.24, 2.45) is 5.92 Å². The monoisotopic (exact) mass is 394 g/mol. The van der Waals surface area contributed by atoms with Gasteiger partial charge in [-0.2, -0.15) is 0 Å². The van der Waals surface area contributed by atoms with Crippen LogP contribution in [0.5, 0.6) is 0 Å². The van der Waals surface area contributed by atoms with Crippen LogP contribution >= 0.6 is 11.8 Å². The molecular formula is C25H34N2S. The summed E-state index contributed by atoms with van der Waals surface area (Å²) in [5, 5.41) is 0. The molecule has 2 aromatic carbocycles. The predicted octanol–water partition coefficient (Wildman–Crippen LogP) is 5.25. The quantitative estimate of drug-likeness (QED) is 0.661. The van der Waals surface area contributed by atoms with E-state index in [1.54, 1.807) is 0 Å². The predicted molar refractivity (Wildman–Crippen MR) is 121 cm³/mol. The molecule has 3 heteroatoms. The molecule has 28 heavy (non-hydrogen) atoms. The van der Waals surface area contributed by atoms with Gasteiger partial charge in [0.1, 0.15) is 0 Å². The van der Waals surface area contributed by atoms with Crippen LogP contribution in [0.2, 0.25) is 0 Å². The van der Waals surface area contributed by atoms with E-state index in [4.69, 9.17) is 0 Å². The van der Waals surface area contributed by atoms with E-state index in [2.05, 4.69) is 65.3 Å². The zero-order chi connectivity index (χ0) is 19.2. The normalized spacial score (nSPS) is 19.3. The number of nitrogens with zero attached hydrogens (tertiary/aromatic N) is 2. The first kappa shape index (κ1) is 20.0. The minimum Gasteiger partial charge on any atom is -0.303 e. The highest BCUT2D eigenvalue weighted by Crippen LogP contribution is 2.28. The average molecular weight is 395 g/mol. The van der Waals surface area contributed by atoms with Crippen molar-refractivity contribution in [1.82, 2.24) is 9.80 Å². The lowest BCUT2D eigenvalue weighted by Crippen LogP contribution is -2.36. The standard InChI is InChI=1S/C25H34N2S/c1-21-8-9-25-24(18-21)20-27(16-17-28-25)13-5-12-26-14-10-23(11-15-26)19-22-6-3-2-4-7-22/h2-4,6-9,18,23H,5,10-17,19-20H2,1H3. The third-order valence-electron chi connectivity index (χ3n) is 6.30. The maximum Gasteiger partial charge on any atom is 0.0245 e. The van der Waals surface area contributed by atoms with Crippen LogP contribution in [0.25, 0.3) is 0 Å². The summed E-state index contributed by atoms with van der Waals surface area (Å²) in [5.41, 5.74) is 4.43. The molecule has 0 bridgehead atoms. The van der Waals surface area contributed by atoms with Gasteiger partial charge in [-0.15, -0.1) is 11.8 Å². The second-order valence-electron chi connectivity index (χ2n) is 8.56. The third-order valence-corrected chi connectivity index (χ3v) is 7.39. The van der Waals surface area contributed by atoms with Crippen LogP contribution in [0.1, 0.15) is 36.0 Å². The number of fused-ring (bicyclic) bond motifs is 1. The van der Waals surface area contributed by atoms with Gasteiger partial charge in [0.15, 0.2) is 0 Å². The van der Waals surface area contributed by atoms with Gasteiger partial charge in [-0.05, 0) is 81.9 Å². The van der Waals surface area contributed by atoms with E-state index < -0.39 is 0 Å². The van der Waals surface area contributed by atoms with E-state index in [0.717, 1.165) is 12.5 Å². The fourth-order valence-corrected chi connectivity index (χ4v) is 5.69. The first-order valence-corrected chi connectivity index (χ1v) is 12.0. The van der Waals surface area contributed by atoms with Gasteiger partial charge in [-0.25, -0.2) is 0 Å².